The van der Waals surface area contributed by atoms with Crippen molar-refractivity contribution in [2.45, 2.75) is 6.54 Å². The third-order valence-electron chi connectivity index (χ3n) is 2.62. The molecule has 6 nitrogen and oxygen atoms in total. The van der Waals surface area contributed by atoms with Gasteiger partial charge in [-0.1, -0.05) is 11.6 Å². The zero-order valence-corrected chi connectivity index (χ0v) is 10.3. The molecule has 0 atom stereocenters. The molecule has 3 rings (SSSR count). The number of rotatable bonds is 2. The third-order valence-corrected chi connectivity index (χ3v) is 2.97. The zero-order valence-electron chi connectivity index (χ0n) is 9.50. The molecule has 18 heavy (non-hydrogen) atoms. The molecular formula is C11H9ClN4O2. The molecule has 92 valence electrons. The van der Waals surface area contributed by atoms with Crippen LogP contribution in [0.5, 0.6) is 0 Å². The number of hydrogen-bond acceptors (Lipinski definition) is 4. The van der Waals surface area contributed by atoms with Gasteiger partial charge in [0.15, 0.2) is 11.2 Å². The molecule has 0 bridgehead atoms. The summed E-state index contributed by atoms with van der Waals surface area (Å²) in [6.07, 6.45) is 1.61. The van der Waals surface area contributed by atoms with E-state index in [2.05, 4.69) is 10.1 Å². The Kier molecular flexibility index (Phi) is 2.45. The number of oxazole rings is 1. The van der Waals surface area contributed by atoms with E-state index in [1.165, 1.54) is 9.25 Å². The number of hydrogen-bond donors (Lipinski definition) is 0. The van der Waals surface area contributed by atoms with E-state index >= 15 is 0 Å². The van der Waals surface area contributed by atoms with Crippen molar-refractivity contribution in [2.24, 2.45) is 7.05 Å². The van der Waals surface area contributed by atoms with Gasteiger partial charge in [0.25, 0.3) is 0 Å². The summed E-state index contributed by atoms with van der Waals surface area (Å²) in [5.74, 6) is -0.453. The second-order valence-electron chi connectivity index (χ2n) is 3.86. The normalized spacial score (nSPS) is 11.2. The standard InChI is InChI=1S/C11H9ClN4O2/c1-15-9(12)5-7(14-15)6-16-10-8(18-11(16)17)3-2-4-13-10/h2-5H,6H2,1H3. The largest absolute Gasteiger partial charge is 0.421 e. The molecule has 0 aliphatic rings. The first kappa shape index (κ1) is 11.0. The average Bonchev–Trinajstić information content (AvgIpc) is 2.82. The van der Waals surface area contributed by atoms with E-state index in [1.54, 1.807) is 31.4 Å². The summed E-state index contributed by atoms with van der Waals surface area (Å²) in [4.78, 5) is 15.9. The highest BCUT2D eigenvalue weighted by Crippen LogP contribution is 2.13. The summed E-state index contributed by atoms with van der Waals surface area (Å²) in [7, 11) is 1.74. The molecule has 3 aromatic heterocycles. The predicted molar refractivity (Wildman–Crippen MR) is 65.6 cm³/mol. The Balaban J connectivity index is 2.09. The molecular weight excluding hydrogens is 256 g/mol. The van der Waals surface area contributed by atoms with Gasteiger partial charge in [-0.05, 0) is 12.1 Å². The number of pyridine rings is 1. The molecule has 0 radical (unpaired) electrons. The molecule has 0 aromatic carbocycles. The number of fused-ring (bicyclic) bond motifs is 1. The van der Waals surface area contributed by atoms with Crippen molar-refractivity contribution >= 4 is 22.8 Å². The van der Waals surface area contributed by atoms with Crippen LogP contribution >= 0.6 is 11.6 Å². The first-order valence-corrected chi connectivity index (χ1v) is 5.66. The Morgan fingerprint density at radius 3 is 3.06 bits per heavy atom. The molecule has 3 aromatic rings. The number of halogens is 1. The van der Waals surface area contributed by atoms with Gasteiger partial charge >= 0.3 is 5.76 Å². The fraction of sp³-hybridized carbons (Fsp3) is 0.182. The Labute approximate surface area is 106 Å². The van der Waals surface area contributed by atoms with E-state index in [-0.39, 0.29) is 6.54 Å². The van der Waals surface area contributed by atoms with Crippen LogP contribution in [0, 0.1) is 0 Å². The van der Waals surface area contributed by atoms with Crippen molar-refractivity contribution in [2.75, 3.05) is 0 Å². The van der Waals surface area contributed by atoms with E-state index in [9.17, 15) is 4.79 Å². The van der Waals surface area contributed by atoms with Gasteiger partial charge in [0, 0.05) is 19.3 Å². The Bertz CT molecular complexity index is 751. The minimum Gasteiger partial charge on any atom is -0.406 e. The second-order valence-corrected chi connectivity index (χ2v) is 4.25. The minimum atomic E-state index is -0.453. The summed E-state index contributed by atoms with van der Waals surface area (Å²) in [6, 6.07) is 5.12. The smallest absolute Gasteiger partial charge is 0.406 e. The Morgan fingerprint density at radius 1 is 1.50 bits per heavy atom. The zero-order chi connectivity index (χ0) is 12.7. The van der Waals surface area contributed by atoms with Gasteiger partial charge in [-0.15, -0.1) is 0 Å². The average molecular weight is 265 g/mol. The number of aryl methyl sites for hydroxylation is 1. The highest BCUT2D eigenvalue weighted by atomic mass is 35.5. The van der Waals surface area contributed by atoms with Gasteiger partial charge in [-0.25, -0.2) is 9.78 Å². The van der Waals surface area contributed by atoms with Crippen LogP contribution in [0.25, 0.3) is 11.2 Å². The SMILES string of the molecule is Cn1nc(Cn2c(=O)oc3cccnc32)cc1Cl. The van der Waals surface area contributed by atoms with Crippen LogP contribution in [0.1, 0.15) is 5.69 Å². The summed E-state index contributed by atoms with van der Waals surface area (Å²) >= 11 is 5.90. The lowest BCUT2D eigenvalue weighted by Crippen LogP contribution is -2.15. The molecule has 0 unspecified atom stereocenters. The highest BCUT2D eigenvalue weighted by Gasteiger charge is 2.12. The van der Waals surface area contributed by atoms with E-state index < -0.39 is 5.76 Å². The van der Waals surface area contributed by atoms with Crippen LogP contribution in [0.4, 0.5) is 0 Å². The molecule has 0 aliphatic carbocycles. The molecule has 0 amide bonds. The summed E-state index contributed by atoms with van der Waals surface area (Å²) < 4.78 is 8.05. The number of nitrogens with zero attached hydrogens (tertiary/aromatic N) is 4. The molecule has 0 saturated heterocycles. The third kappa shape index (κ3) is 1.70. The van der Waals surface area contributed by atoms with Crippen molar-refractivity contribution in [3.63, 3.8) is 0 Å². The van der Waals surface area contributed by atoms with Crippen LogP contribution in [0.3, 0.4) is 0 Å². The van der Waals surface area contributed by atoms with E-state index in [0.29, 0.717) is 22.1 Å². The van der Waals surface area contributed by atoms with E-state index in [0.717, 1.165) is 0 Å². The van der Waals surface area contributed by atoms with Gasteiger partial charge in [-0.3, -0.25) is 9.25 Å². The Morgan fingerprint density at radius 2 is 2.33 bits per heavy atom. The summed E-state index contributed by atoms with van der Waals surface area (Å²) in [6.45, 7) is 0.281. The van der Waals surface area contributed by atoms with Crippen LogP contribution < -0.4 is 5.76 Å². The maximum Gasteiger partial charge on any atom is 0.421 e. The fourth-order valence-corrected chi connectivity index (χ4v) is 1.94. The van der Waals surface area contributed by atoms with Crippen molar-refractivity contribution in [1.82, 2.24) is 19.3 Å². The Hall–Kier alpha value is -2.08. The fourth-order valence-electron chi connectivity index (χ4n) is 1.78. The van der Waals surface area contributed by atoms with Crippen LogP contribution in [-0.2, 0) is 13.6 Å². The molecule has 0 aliphatic heterocycles. The highest BCUT2D eigenvalue weighted by molar-refractivity contribution is 6.29. The van der Waals surface area contributed by atoms with Crippen LogP contribution in [0.15, 0.2) is 33.6 Å². The van der Waals surface area contributed by atoms with Gasteiger partial charge in [0.2, 0.25) is 0 Å². The quantitative estimate of drug-likeness (QED) is 0.702. The summed E-state index contributed by atoms with van der Waals surface area (Å²) in [5.41, 5.74) is 1.65. The molecule has 3 heterocycles. The topological polar surface area (TPSA) is 65.8 Å². The van der Waals surface area contributed by atoms with Crippen molar-refractivity contribution in [1.29, 1.82) is 0 Å². The molecule has 0 saturated carbocycles. The maximum atomic E-state index is 11.7. The van der Waals surface area contributed by atoms with Crippen molar-refractivity contribution in [3.8, 4) is 0 Å². The second kappa shape index (κ2) is 3.99. The van der Waals surface area contributed by atoms with Crippen molar-refractivity contribution in [3.05, 3.63) is 45.8 Å². The van der Waals surface area contributed by atoms with Crippen LogP contribution in [0.2, 0.25) is 5.15 Å². The number of aromatic nitrogens is 4. The first-order chi connectivity index (χ1) is 8.65. The molecule has 0 spiro atoms. The molecule has 7 heteroatoms. The van der Waals surface area contributed by atoms with E-state index in [1.807, 2.05) is 0 Å². The van der Waals surface area contributed by atoms with Gasteiger partial charge in [0.1, 0.15) is 5.15 Å². The van der Waals surface area contributed by atoms with E-state index in [4.69, 9.17) is 16.0 Å². The van der Waals surface area contributed by atoms with Gasteiger partial charge in [-0.2, -0.15) is 5.10 Å². The van der Waals surface area contributed by atoms with Gasteiger partial charge < -0.3 is 4.42 Å². The lowest BCUT2D eigenvalue weighted by Gasteiger charge is -1.97. The van der Waals surface area contributed by atoms with Crippen molar-refractivity contribution < 1.29 is 4.42 Å². The molecule has 0 fully saturated rings. The van der Waals surface area contributed by atoms with Crippen LogP contribution in [-0.4, -0.2) is 19.3 Å². The molecule has 0 N–H and O–H groups in total. The first-order valence-electron chi connectivity index (χ1n) is 5.28. The predicted octanol–water partition coefficient (Wildman–Crippen LogP) is 1.42. The monoisotopic (exact) mass is 264 g/mol. The lowest BCUT2D eigenvalue weighted by molar-refractivity contribution is 0.514. The minimum absolute atomic E-state index is 0.281. The lowest BCUT2D eigenvalue weighted by atomic mass is 10.4. The summed E-state index contributed by atoms with van der Waals surface area (Å²) in [5, 5.41) is 4.70. The van der Waals surface area contributed by atoms with Gasteiger partial charge in [0.05, 0.1) is 12.2 Å². The maximum absolute atomic E-state index is 11.7.